The number of halogens is 1. The van der Waals surface area contributed by atoms with Crippen LogP contribution >= 0.6 is 34.7 Å². The van der Waals surface area contributed by atoms with Gasteiger partial charge in [-0.05, 0) is 31.8 Å². The number of thiazole rings is 1. The van der Waals surface area contributed by atoms with Gasteiger partial charge in [0.1, 0.15) is 16.7 Å². The number of unbranched alkanes of at least 4 members (excludes halogenated alkanes) is 1. The maximum Gasteiger partial charge on any atom is 0.271 e. The van der Waals surface area contributed by atoms with Crippen LogP contribution in [0.1, 0.15) is 47.2 Å². The number of aliphatic imine (C=N–C) groups is 1. The normalized spacial score (nSPS) is 24.4. The smallest absolute Gasteiger partial charge is 0.271 e. The summed E-state index contributed by atoms with van der Waals surface area (Å²) in [5.41, 5.74) is 17.1. The van der Waals surface area contributed by atoms with Gasteiger partial charge >= 0.3 is 0 Å². The predicted molar refractivity (Wildman–Crippen MR) is 155 cm³/mol. The van der Waals surface area contributed by atoms with E-state index in [-0.39, 0.29) is 46.7 Å². The number of allylic oxidation sites excluding steroid dienone is 4. The molecule has 1 aromatic heterocycles. The first-order valence-electron chi connectivity index (χ1n) is 12.7. The van der Waals surface area contributed by atoms with Gasteiger partial charge in [-0.15, -0.1) is 23.1 Å². The Bertz CT molecular complexity index is 1230. The van der Waals surface area contributed by atoms with E-state index in [4.69, 9.17) is 28.8 Å². The number of nitrogens with two attached hydrogens (primary N) is 3. The van der Waals surface area contributed by atoms with Gasteiger partial charge in [0.05, 0.1) is 10.9 Å². The minimum Gasteiger partial charge on any atom is -0.370 e. The number of nitrogens with zero attached hydrogens (tertiary/aromatic N) is 3. The molecule has 3 amide bonds. The van der Waals surface area contributed by atoms with Crippen LogP contribution in [0.5, 0.6) is 0 Å². The molecule has 0 radical (unpaired) electrons. The van der Waals surface area contributed by atoms with E-state index in [0.29, 0.717) is 53.7 Å². The van der Waals surface area contributed by atoms with E-state index in [1.165, 1.54) is 30.1 Å². The largest absolute Gasteiger partial charge is 0.370 e. The number of rotatable bonds is 10. The minimum atomic E-state index is -0.726. The van der Waals surface area contributed by atoms with Crippen LogP contribution in [0.4, 0.5) is 0 Å². The maximum atomic E-state index is 13.5. The number of likely N-dealkylation sites (tertiary alicyclic amines) is 1. The molecule has 5 atom stereocenters. The molecule has 3 heterocycles. The van der Waals surface area contributed by atoms with E-state index >= 15 is 0 Å². The first-order chi connectivity index (χ1) is 18.7. The fourth-order valence-corrected chi connectivity index (χ4v) is 7.11. The lowest BCUT2D eigenvalue weighted by Gasteiger charge is -2.23. The molecular formula is C25H33ClN8O3S2. The first-order valence-corrected chi connectivity index (χ1v) is 14.8. The van der Waals surface area contributed by atoms with Crippen molar-refractivity contribution in [1.82, 2.24) is 20.5 Å². The quantitative estimate of drug-likeness (QED) is 0.153. The molecule has 1 aliphatic carbocycles. The van der Waals surface area contributed by atoms with Crippen LogP contribution in [0.2, 0.25) is 0 Å². The topological polar surface area (TPSA) is 182 Å². The van der Waals surface area contributed by atoms with Crippen LogP contribution in [0, 0.1) is 5.92 Å². The zero-order valence-corrected chi connectivity index (χ0v) is 23.9. The molecule has 4 rings (SSSR count). The Balaban J connectivity index is 1.41. The Labute approximate surface area is 240 Å². The number of thioether (sulfide) groups is 1. The Morgan fingerprint density at radius 2 is 2.08 bits per heavy atom. The summed E-state index contributed by atoms with van der Waals surface area (Å²) in [5, 5.41) is 8.46. The number of guanidine groups is 1. The second-order valence-electron chi connectivity index (χ2n) is 9.58. The number of likely N-dealkylation sites (N-methyl/N-ethyl adjacent to an activating group) is 1. The third-order valence-electron chi connectivity index (χ3n) is 6.69. The number of fused-ring (bicyclic) bond motifs is 1. The van der Waals surface area contributed by atoms with Crippen molar-refractivity contribution >= 4 is 58.4 Å². The van der Waals surface area contributed by atoms with Crippen LogP contribution in [0.15, 0.2) is 44.6 Å². The van der Waals surface area contributed by atoms with Gasteiger partial charge in [0.25, 0.3) is 11.8 Å². The van der Waals surface area contributed by atoms with Crippen molar-refractivity contribution in [3.05, 3.63) is 50.3 Å². The van der Waals surface area contributed by atoms with Gasteiger partial charge in [-0.3, -0.25) is 19.4 Å². The van der Waals surface area contributed by atoms with Crippen molar-refractivity contribution in [2.45, 2.75) is 49.1 Å². The average molecular weight is 593 g/mol. The highest BCUT2D eigenvalue weighted by Gasteiger charge is 2.40. The monoisotopic (exact) mass is 592 g/mol. The minimum absolute atomic E-state index is 0.0185. The van der Waals surface area contributed by atoms with Crippen molar-refractivity contribution in [3.8, 4) is 0 Å². The summed E-state index contributed by atoms with van der Waals surface area (Å²) < 4.78 is 0. The van der Waals surface area contributed by atoms with E-state index < -0.39 is 11.9 Å². The summed E-state index contributed by atoms with van der Waals surface area (Å²) >= 11 is 8.97. The standard InChI is InChI=1S/C25H33ClN8O3S2/c1-30-21(35)16(4-2-3-7-31-25(28)29)32-22(36)17-12-38-23(33-17)18-10-15(27)11-34(18)24(37)20-9-13-8-14(26)5-6-19(13)39-20/h5-6,8-9,12-13,15-16,18-19H,2-4,7,10-11,27H2,1H3,(H,30,35)(H,32,36)(H4,28,29,31)/t13?,15-,16+,18+,19?/m1/s1. The SMILES string of the molecule is CNC(=O)[C@H](CCCCN=C(N)N)NC(=O)c1csc([C@@H]2C[C@@H](N)CN2C(=O)C2=CC3C=C(Cl)C=CC3S2)n1. The molecule has 11 nitrogen and oxygen atoms in total. The zero-order chi connectivity index (χ0) is 28.1. The van der Waals surface area contributed by atoms with Crippen LogP contribution in [0.25, 0.3) is 0 Å². The van der Waals surface area contributed by atoms with E-state index in [1.807, 2.05) is 24.3 Å². The van der Waals surface area contributed by atoms with Gasteiger partial charge in [-0.2, -0.15) is 0 Å². The molecular weight excluding hydrogens is 560 g/mol. The Morgan fingerprint density at radius 3 is 2.82 bits per heavy atom. The molecule has 0 bridgehead atoms. The molecule has 0 spiro atoms. The summed E-state index contributed by atoms with van der Waals surface area (Å²) in [7, 11) is 1.52. The Kier molecular flexibility index (Phi) is 9.70. The Morgan fingerprint density at radius 1 is 1.28 bits per heavy atom. The molecule has 0 saturated carbocycles. The van der Waals surface area contributed by atoms with E-state index in [0.717, 1.165) is 0 Å². The van der Waals surface area contributed by atoms with Crippen molar-refractivity contribution in [2.75, 3.05) is 20.1 Å². The van der Waals surface area contributed by atoms with Crippen molar-refractivity contribution in [2.24, 2.45) is 28.1 Å². The summed E-state index contributed by atoms with van der Waals surface area (Å²) in [4.78, 5) is 49.8. The van der Waals surface area contributed by atoms with Gasteiger partial charge < -0.3 is 32.7 Å². The molecule has 39 heavy (non-hydrogen) atoms. The molecule has 3 aliphatic rings. The van der Waals surface area contributed by atoms with Gasteiger partial charge in [0.15, 0.2) is 5.96 Å². The van der Waals surface area contributed by atoms with Crippen LogP contribution in [0.3, 0.4) is 0 Å². The molecule has 2 aliphatic heterocycles. The molecule has 8 N–H and O–H groups in total. The van der Waals surface area contributed by atoms with Crippen LogP contribution < -0.4 is 27.8 Å². The lowest BCUT2D eigenvalue weighted by molar-refractivity contribution is -0.127. The van der Waals surface area contributed by atoms with E-state index in [9.17, 15) is 14.4 Å². The molecule has 1 saturated heterocycles. The summed E-state index contributed by atoms with van der Waals surface area (Å²) in [6.07, 6.45) is 10.1. The number of hydrogen-bond acceptors (Lipinski definition) is 8. The number of carbonyl (C=O) groups excluding carboxylic acids is 3. The summed E-state index contributed by atoms with van der Waals surface area (Å²) in [6, 6.07) is -1.25. The average Bonchev–Trinajstić information content (AvgIpc) is 3.64. The number of nitrogens with one attached hydrogen (secondary N) is 2. The second kappa shape index (κ2) is 13.0. The molecule has 14 heteroatoms. The van der Waals surface area contributed by atoms with Crippen molar-refractivity contribution in [3.63, 3.8) is 0 Å². The summed E-state index contributed by atoms with van der Waals surface area (Å²) in [5.74, 6) is -0.745. The molecule has 1 aromatic rings. The van der Waals surface area contributed by atoms with Gasteiger partial charge in [0, 0.05) is 47.8 Å². The maximum absolute atomic E-state index is 13.5. The molecule has 210 valence electrons. The third kappa shape index (κ3) is 7.21. The van der Waals surface area contributed by atoms with Crippen LogP contribution in [-0.4, -0.2) is 71.0 Å². The van der Waals surface area contributed by atoms with Crippen LogP contribution in [-0.2, 0) is 9.59 Å². The molecule has 0 aromatic carbocycles. The number of carbonyl (C=O) groups is 3. The summed E-state index contributed by atoms with van der Waals surface area (Å²) in [6.45, 7) is 0.853. The van der Waals surface area contributed by atoms with Gasteiger partial charge in [0.2, 0.25) is 5.91 Å². The third-order valence-corrected chi connectivity index (χ3v) is 9.20. The highest BCUT2D eigenvalue weighted by molar-refractivity contribution is 8.05. The first kappa shape index (κ1) is 29.1. The fraction of sp³-hybridized carbons (Fsp3) is 0.480. The van der Waals surface area contributed by atoms with E-state index in [1.54, 1.807) is 10.3 Å². The lowest BCUT2D eigenvalue weighted by atomic mass is 10.00. The number of hydrogen-bond donors (Lipinski definition) is 5. The highest BCUT2D eigenvalue weighted by Crippen LogP contribution is 2.44. The number of aromatic nitrogens is 1. The van der Waals surface area contributed by atoms with Gasteiger partial charge in [-0.25, -0.2) is 4.98 Å². The lowest BCUT2D eigenvalue weighted by Crippen LogP contribution is -2.45. The fourth-order valence-electron chi connectivity index (χ4n) is 4.75. The second-order valence-corrected chi connectivity index (χ2v) is 12.1. The van der Waals surface area contributed by atoms with Crippen molar-refractivity contribution < 1.29 is 14.4 Å². The predicted octanol–water partition coefficient (Wildman–Crippen LogP) is 1.34. The molecule has 2 unspecified atom stereocenters. The molecule has 1 fully saturated rings. The zero-order valence-electron chi connectivity index (χ0n) is 21.5. The Hall–Kier alpha value is -2.87. The number of amides is 3. The van der Waals surface area contributed by atoms with Gasteiger partial charge in [-0.1, -0.05) is 29.8 Å². The van der Waals surface area contributed by atoms with Crippen molar-refractivity contribution in [1.29, 1.82) is 0 Å². The van der Waals surface area contributed by atoms with E-state index in [2.05, 4.69) is 20.6 Å². The highest BCUT2D eigenvalue weighted by atomic mass is 35.5.